The fraction of sp³-hybridized carbons (Fsp3) is 0.167. The standard InChI is InChI=1S/C18H14BrClN2O4/c1-9(26-15-6-3-10(20)7-14(15)19)16(23)21-11-4-5-12-13(8-11)18(25)22(2)17(12)24/h3-9H,1-2H3,(H,21,23). The van der Waals surface area contributed by atoms with E-state index >= 15 is 0 Å². The van der Waals surface area contributed by atoms with Crippen molar-refractivity contribution in [3.63, 3.8) is 0 Å². The van der Waals surface area contributed by atoms with Crippen LogP contribution in [0, 0.1) is 0 Å². The zero-order chi connectivity index (χ0) is 19.0. The molecule has 1 aliphatic heterocycles. The van der Waals surface area contributed by atoms with Gasteiger partial charge in [0.05, 0.1) is 15.6 Å². The zero-order valence-electron chi connectivity index (χ0n) is 13.9. The first kappa shape index (κ1) is 18.4. The number of amides is 3. The highest BCUT2D eigenvalue weighted by Crippen LogP contribution is 2.29. The average molecular weight is 438 g/mol. The molecule has 26 heavy (non-hydrogen) atoms. The smallest absolute Gasteiger partial charge is 0.265 e. The first-order valence-corrected chi connectivity index (χ1v) is 8.84. The maximum Gasteiger partial charge on any atom is 0.265 e. The third-order valence-electron chi connectivity index (χ3n) is 3.92. The lowest BCUT2D eigenvalue weighted by Gasteiger charge is -2.16. The number of nitrogens with zero attached hydrogens (tertiary/aromatic N) is 1. The number of hydrogen-bond donors (Lipinski definition) is 1. The predicted octanol–water partition coefficient (Wildman–Crippen LogP) is 3.73. The molecule has 0 radical (unpaired) electrons. The predicted molar refractivity (Wildman–Crippen MR) is 101 cm³/mol. The van der Waals surface area contributed by atoms with Crippen molar-refractivity contribution in [3.05, 3.63) is 57.0 Å². The van der Waals surface area contributed by atoms with Crippen LogP contribution in [0.5, 0.6) is 5.75 Å². The van der Waals surface area contributed by atoms with Gasteiger partial charge < -0.3 is 10.1 Å². The van der Waals surface area contributed by atoms with Crippen molar-refractivity contribution in [1.82, 2.24) is 4.90 Å². The Balaban J connectivity index is 1.72. The molecule has 6 nitrogen and oxygen atoms in total. The monoisotopic (exact) mass is 436 g/mol. The van der Waals surface area contributed by atoms with Crippen molar-refractivity contribution < 1.29 is 19.1 Å². The van der Waals surface area contributed by atoms with Crippen molar-refractivity contribution in [2.24, 2.45) is 0 Å². The quantitative estimate of drug-likeness (QED) is 0.740. The largest absolute Gasteiger partial charge is 0.480 e. The molecule has 0 aliphatic carbocycles. The molecule has 3 rings (SSSR count). The number of anilines is 1. The Hall–Kier alpha value is -2.38. The second-order valence-corrected chi connectivity index (χ2v) is 7.04. The summed E-state index contributed by atoms with van der Waals surface area (Å²) in [4.78, 5) is 37.3. The molecule has 8 heteroatoms. The van der Waals surface area contributed by atoms with Gasteiger partial charge >= 0.3 is 0 Å². The lowest BCUT2D eigenvalue weighted by atomic mass is 10.1. The van der Waals surface area contributed by atoms with Crippen molar-refractivity contribution in [2.75, 3.05) is 12.4 Å². The summed E-state index contributed by atoms with van der Waals surface area (Å²) in [5.41, 5.74) is 1.00. The number of carbonyl (C=O) groups excluding carboxylic acids is 3. The molecule has 0 bridgehead atoms. The van der Waals surface area contributed by atoms with E-state index in [0.717, 1.165) is 4.90 Å². The number of benzene rings is 2. The molecule has 0 saturated heterocycles. The van der Waals surface area contributed by atoms with E-state index in [1.165, 1.54) is 19.2 Å². The molecule has 1 N–H and O–H groups in total. The van der Waals surface area contributed by atoms with Gasteiger partial charge in [-0.05, 0) is 59.3 Å². The molecule has 0 fully saturated rings. The molecule has 0 aromatic heterocycles. The van der Waals surface area contributed by atoms with E-state index in [9.17, 15) is 14.4 Å². The van der Waals surface area contributed by atoms with E-state index in [0.29, 0.717) is 26.5 Å². The second-order valence-electron chi connectivity index (χ2n) is 5.75. The number of carbonyl (C=O) groups is 3. The van der Waals surface area contributed by atoms with Gasteiger partial charge in [-0.3, -0.25) is 19.3 Å². The van der Waals surface area contributed by atoms with E-state index in [1.54, 1.807) is 31.2 Å². The van der Waals surface area contributed by atoms with Crippen molar-refractivity contribution in [3.8, 4) is 5.75 Å². The summed E-state index contributed by atoms with van der Waals surface area (Å²) in [5, 5.41) is 3.23. The van der Waals surface area contributed by atoms with Crippen LogP contribution in [0.3, 0.4) is 0 Å². The summed E-state index contributed by atoms with van der Waals surface area (Å²) in [6.07, 6.45) is -0.791. The van der Waals surface area contributed by atoms with E-state index in [1.807, 2.05) is 0 Å². The molecule has 1 heterocycles. The summed E-state index contributed by atoms with van der Waals surface area (Å²) >= 11 is 9.21. The fourth-order valence-electron chi connectivity index (χ4n) is 2.50. The lowest BCUT2D eigenvalue weighted by molar-refractivity contribution is -0.122. The Morgan fingerprint density at radius 2 is 1.85 bits per heavy atom. The van der Waals surface area contributed by atoms with E-state index in [4.69, 9.17) is 16.3 Å². The van der Waals surface area contributed by atoms with Crippen LogP contribution in [0.1, 0.15) is 27.6 Å². The highest BCUT2D eigenvalue weighted by Gasteiger charge is 2.32. The number of imide groups is 1. The van der Waals surface area contributed by atoms with Gasteiger partial charge in [0.15, 0.2) is 6.10 Å². The van der Waals surface area contributed by atoms with Crippen LogP contribution < -0.4 is 10.1 Å². The third-order valence-corrected chi connectivity index (χ3v) is 4.78. The zero-order valence-corrected chi connectivity index (χ0v) is 16.2. The molecule has 3 amide bonds. The molecule has 0 spiro atoms. The Bertz CT molecular complexity index is 931. The Kier molecular flexibility index (Phi) is 5.02. The lowest BCUT2D eigenvalue weighted by Crippen LogP contribution is -2.30. The second kappa shape index (κ2) is 7.09. The highest BCUT2D eigenvalue weighted by molar-refractivity contribution is 9.10. The molecule has 1 unspecified atom stereocenters. The Morgan fingerprint density at radius 1 is 1.15 bits per heavy atom. The minimum absolute atomic E-state index is 0.268. The van der Waals surface area contributed by atoms with Gasteiger partial charge in [-0.15, -0.1) is 0 Å². The van der Waals surface area contributed by atoms with Crippen LogP contribution >= 0.6 is 27.5 Å². The van der Waals surface area contributed by atoms with Crippen molar-refractivity contribution >= 4 is 50.9 Å². The van der Waals surface area contributed by atoms with Gasteiger partial charge in [-0.1, -0.05) is 11.6 Å². The number of rotatable bonds is 4. The Labute approximate surface area is 163 Å². The normalized spacial score (nSPS) is 14.2. The molecular formula is C18H14BrClN2O4. The average Bonchev–Trinajstić information content (AvgIpc) is 2.81. The summed E-state index contributed by atoms with van der Waals surface area (Å²) < 4.78 is 6.27. The van der Waals surface area contributed by atoms with Crippen LogP contribution in [-0.4, -0.2) is 35.8 Å². The molecule has 2 aromatic rings. The number of hydrogen-bond acceptors (Lipinski definition) is 4. The first-order valence-electron chi connectivity index (χ1n) is 7.67. The van der Waals surface area contributed by atoms with Crippen LogP contribution in [0.2, 0.25) is 5.02 Å². The third kappa shape index (κ3) is 3.45. The van der Waals surface area contributed by atoms with Crippen LogP contribution in [0.4, 0.5) is 5.69 Å². The molecule has 134 valence electrons. The van der Waals surface area contributed by atoms with Gasteiger partial charge in [0, 0.05) is 17.8 Å². The van der Waals surface area contributed by atoms with E-state index < -0.39 is 17.9 Å². The molecule has 0 saturated carbocycles. The van der Waals surface area contributed by atoms with Crippen LogP contribution in [-0.2, 0) is 4.79 Å². The number of ether oxygens (including phenoxy) is 1. The first-order chi connectivity index (χ1) is 12.3. The highest BCUT2D eigenvalue weighted by atomic mass is 79.9. The Morgan fingerprint density at radius 3 is 2.54 bits per heavy atom. The molecule has 1 aliphatic rings. The minimum Gasteiger partial charge on any atom is -0.480 e. The van der Waals surface area contributed by atoms with Gasteiger partial charge in [0.1, 0.15) is 5.75 Å². The topological polar surface area (TPSA) is 75.7 Å². The molecular weight excluding hydrogens is 424 g/mol. The SMILES string of the molecule is CC(Oc1ccc(Cl)cc1Br)C(=O)Nc1ccc2c(c1)C(=O)N(C)C2=O. The number of nitrogens with one attached hydrogen (secondary N) is 1. The van der Waals surface area contributed by atoms with Crippen LogP contribution in [0.15, 0.2) is 40.9 Å². The summed E-state index contributed by atoms with van der Waals surface area (Å²) in [6, 6.07) is 9.57. The van der Waals surface area contributed by atoms with E-state index in [-0.39, 0.29) is 11.5 Å². The summed E-state index contributed by atoms with van der Waals surface area (Å²) in [6.45, 7) is 1.60. The van der Waals surface area contributed by atoms with Gasteiger partial charge in [0.2, 0.25) is 0 Å². The minimum atomic E-state index is -0.791. The molecule has 2 aromatic carbocycles. The fourth-order valence-corrected chi connectivity index (χ4v) is 3.27. The maximum absolute atomic E-state index is 12.4. The summed E-state index contributed by atoms with van der Waals surface area (Å²) in [7, 11) is 1.42. The van der Waals surface area contributed by atoms with Crippen LogP contribution in [0.25, 0.3) is 0 Å². The number of fused-ring (bicyclic) bond motifs is 1. The van der Waals surface area contributed by atoms with Gasteiger partial charge in [-0.2, -0.15) is 0 Å². The number of halogens is 2. The van der Waals surface area contributed by atoms with Crippen molar-refractivity contribution in [1.29, 1.82) is 0 Å². The van der Waals surface area contributed by atoms with Gasteiger partial charge in [-0.25, -0.2) is 0 Å². The maximum atomic E-state index is 12.4. The summed E-state index contributed by atoms with van der Waals surface area (Å²) in [5.74, 6) is -0.659. The molecule has 1 atom stereocenters. The van der Waals surface area contributed by atoms with E-state index in [2.05, 4.69) is 21.2 Å². The van der Waals surface area contributed by atoms with Gasteiger partial charge in [0.25, 0.3) is 17.7 Å². The van der Waals surface area contributed by atoms with Crippen molar-refractivity contribution in [2.45, 2.75) is 13.0 Å².